The molecule has 1 heterocycles. The average Bonchev–Trinajstić information content (AvgIpc) is 3.06. The Morgan fingerprint density at radius 3 is 2.58 bits per heavy atom. The Balaban J connectivity index is 1.64. The van der Waals surface area contributed by atoms with Crippen LogP contribution < -0.4 is 5.32 Å². The van der Waals surface area contributed by atoms with Gasteiger partial charge in [-0.25, -0.2) is 9.67 Å². The van der Waals surface area contributed by atoms with Crippen LogP contribution in [-0.4, -0.2) is 25.8 Å². The highest BCUT2D eigenvalue weighted by Gasteiger charge is 2.14. The molecule has 3 aromatic rings. The van der Waals surface area contributed by atoms with Crippen molar-refractivity contribution in [3.63, 3.8) is 0 Å². The molecule has 0 saturated carbocycles. The van der Waals surface area contributed by atoms with Gasteiger partial charge in [-0.15, -0.1) is 5.10 Å². The lowest BCUT2D eigenvalue weighted by Gasteiger charge is -2.10. The van der Waals surface area contributed by atoms with E-state index >= 15 is 0 Å². The van der Waals surface area contributed by atoms with Crippen molar-refractivity contribution in [3.8, 4) is 0 Å². The van der Waals surface area contributed by atoms with Gasteiger partial charge in [-0.1, -0.05) is 46.3 Å². The van der Waals surface area contributed by atoms with E-state index in [-0.39, 0.29) is 12.4 Å². The molecule has 0 aliphatic carbocycles. The minimum absolute atomic E-state index is 0.0539. The zero-order chi connectivity index (χ0) is 16.9. The van der Waals surface area contributed by atoms with Gasteiger partial charge in [-0.3, -0.25) is 4.79 Å². The highest BCUT2D eigenvalue weighted by molar-refractivity contribution is 9.10. The van der Waals surface area contributed by atoms with Crippen molar-refractivity contribution in [3.05, 3.63) is 76.8 Å². The van der Waals surface area contributed by atoms with E-state index in [0.717, 1.165) is 10.0 Å². The van der Waals surface area contributed by atoms with Gasteiger partial charge in [-0.2, -0.15) is 0 Å². The number of amides is 1. The van der Waals surface area contributed by atoms with E-state index in [0.29, 0.717) is 5.69 Å². The first kappa shape index (κ1) is 16.4. The molecule has 0 aliphatic heterocycles. The fourth-order valence-corrected chi connectivity index (χ4v) is 2.43. The summed E-state index contributed by atoms with van der Waals surface area (Å²) in [5.41, 5.74) is 1.44. The van der Waals surface area contributed by atoms with Crippen LogP contribution in [0.2, 0.25) is 0 Å². The van der Waals surface area contributed by atoms with Crippen LogP contribution in [-0.2, 0) is 6.54 Å². The number of aliphatic hydroxyl groups is 1. The van der Waals surface area contributed by atoms with E-state index in [4.69, 9.17) is 0 Å². The van der Waals surface area contributed by atoms with E-state index in [1.807, 2.05) is 42.5 Å². The van der Waals surface area contributed by atoms with E-state index in [2.05, 4.69) is 31.3 Å². The Hall–Kier alpha value is -2.51. The molecule has 0 spiro atoms. The molecular weight excluding hydrogens is 372 g/mol. The number of anilines is 1. The largest absolute Gasteiger partial charge is 0.386 e. The van der Waals surface area contributed by atoms with Crippen molar-refractivity contribution in [1.29, 1.82) is 0 Å². The Labute approximate surface area is 147 Å². The fraction of sp³-hybridized carbons (Fsp3) is 0.118. The third-order valence-electron chi connectivity index (χ3n) is 3.39. The van der Waals surface area contributed by atoms with Gasteiger partial charge in [0.25, 0.3) is 5.91 Å². The molecule has 0 bridgehead atoms. The number of hydrogen-bond acceptors (Lipinski definition) is 4. The number of rotatable bonds is 5. The summed E-state index contributed by atoms with van der Waals surface area (Å²) >= 11 is 3.34. The molecule has 1 aromatic heterocycles. The standard InChI is InChI=1S/C17H15BrN4O2/c18-13-6-8-14(9-7-13)20-17(24)16-19-11-22(21-16)10-15(23)12-4-2-1-3-5-12/h1-9,11,15,23H,10H2,(H,20,24)/t15-/m1/s1. The molecule has 0 unspecified atom stereocenters. The minimum Gasteiger partial charge on any atom is -0.386 e. The number of aliphatic hydroxyl groups excluding tert-OH is 1. The lowest BCUT2D eigenvalue weighted by molar-refractivity contribution is 0.101. The van der Waals surface area contributed by atoms with Gasteiger partial charge < -0.3 is 10.4 Å². The molecule has 0 fully saturated rings. The molecule has 122 valence electrons. The van der Waals surface area contributed by atoms with Crippen LogP contribution in [0.15, 0.2) is 65.4 Å². The van der Waals surface area contributed by atoms with Gasteiger partial charge in [0.15, 0.2) is 0 Å². The summed E-state index contributed by atoms with van der Waals surface area (Å²) in [4.78, 5) is 16.1. The Morgan fingerprint density at radius 2 is 1.88 bits per heavy atom. The smallest absolute Gasteiger partial charge is 0.295 e. The Bertz CT molecular complexity index is 818. The topological polar surface area (TPSA) is 80.0 Å². The van der Waals surface area contributed by atoms with Gasteiger partial charge in [0.05, 0.1) is 12.6 Å². The Kier molecular flexibility index (Phi) is 5.02. The number of aromatic nitrogens is 3. The van der Waals surface area contributed by atoms with E-state index in [1.165, 1.54) is 11.0 Å². The predicted molar refractivity (Wildman–Crippen MR) is 93.5 cm³/mol. The second-order valence-electron chi connectivity index (χ2n) is 5.18. The molecular formula is C17H15BrN4O2. The summed E-state index contributed by atoms with van der Waals surface area (Å²) in [5.74, 6) is -0.344. The van der Waals surface area contributed by atoms with E-state index < -0.39 is 12.0 Å². The van der Waals surface area contributed by atoms with Gasteiger partial charge in [0, 0.05) is 10.2 Å². The first-order valence-corrected chi connectivity index (χ1v) is 8.10. The van der Waals surface area contributed by atoms with Crippen LogP contribution in [0.5, 0.6) is 0 Å². The van der Waals surface area contributed by atoms with Crippen LogP contribution >= 0.6 is 15.9 Å². The monoisotopic (exact) mass is 386 g/mol. The zero-order valence-electron chi connectivity index (χ0n) is 12.6. The molecule has 6 nitrogen and oxygen atoms in total. The van der Waals surface area contributed by atoms with Crippen LogP contribution in [0, 0.1) is 0 Å². The van der Waals surface area contributed by atoms with Gasteiger partial charge in [0.2, 0.25) is 5.82 Å². The molecule has 0 saturated heterocycles. The highest BCUT2D eigenvalue weighted by Crippen LogP contribution is 2.15. The van der Waals surface area contributed by atoms with Crippen LogP contribution in [0.1, 0.15) is 22.3 Å². The first-order valence-electron chi connectivity index (χ1n) is 7.31. The van der Waals surface area contributed by atoms with Crippen molar-refractivity contribution in [2.75, 3.05) is 5.32 Å². The van der Waals surface area contributed by atoms with Crippen LogP contribution in [0.25, 0.3) is 0 Å². The maximum atomic E-state index is 12.1. The lowest BCUT2D eigenvalue weighted by atomic mass is 10.1. The third-order valence-corrected chi connectivity index (χ3v) is 3.91. The minimum atomic E-state index is -0.713. The molecule has 3 rings (SSSR count). The average molecular weight is 387 g/mol. The van der Waals surface area contributed by atoms with E-state index in [9.17, 15) is 9.90 Å². The molecule has 1 atom stereocenters. The van der Waals surface area contributed by atoms with Gasteiger partial charge in [-0.05, 0) is 29.8 Å². The molecule has 7 heteroatoms. The number of nitrogens with one attached hydrogen (secondary N) is 1. The lowest BCUT2D eigenvalue weighted by Crippen LogP contribution is -2.15. The fourth-order valence-electron chi connectivity index (χ4n) is 2.16. The van der Waals surface area contributed by atoms with Gasteiger partial charge >= 0.3 is 0 Å². The number of hydrogen-bond donors (Lipinski definition) is 2. The number of halogens is 1. The van der Waals surface area contributed by atoms with E-state index in [1.54, 1.807) is 12.1 Å². The second kappa shape index (κ2) is 7.37. The molecule has 2 aromatic carbocycles. The quantitative estimate of drug-likeness (QED) is 0.706. The third kappa shape index (κ3) is 4.06. The number of carbonyl (C=O) groups is 1. The second-order valence-corrected chi connectivity index (χ2v) is 6.09. The molecule has 0 radical (unpaired) electrons. The summed E-state index contributed by atoms with van der Waals surface area (Å²) in [6, 6.07) is 16.5. The van der Waals surface area contributed by atoms with Crippen LogP contribution in [0.4, 0.5) is 5.69 Å². The SMILES string of the molecule is O=C(Nc1ccc(Br)cc1)c1ncn(C[C@@H](O)c2ccccc2)n1. The van der Waals surface area contributed by atoms with Crippen molar-refractivity contribution < 1.29 is 9.90 Å². The first-order chi connectivity index (χ1) is 11.6. The van der Waals surface area contributed by atoms with Crippen molar-refractivity contribution in [1.82, 2.24) is 14.8 Å². The number of benzene rings is 2. The van der Waals surface area contributed by atoms with Crippen molar-refractivity contribution in [2.45, 2.75) is 12.6 Å². The molecule has 24 heavy (non-hydrogen) atoms. The molecule has 2 N–H and O–H groups in total. The van der Waals surface area contributed by atoms with Gasteiger partial charge in [0.1, 0.15) is 6.33 Å². The summed E-state index contributed by atoms with van der Waals surface area (Å²) in [6.07, 6.45) is 0.720. The summed E-state index contributed by atoms with van der Waals surface area (Å²) in [5, 5.41) is 17.0. The maximum Gasteiger partial charge on any atom is 0.295 e. The van der Waals surface area contributed by atoms with Crippen LogP contribution in [0.3, 0.4) is 0 Å². The summed E-state index contributed by atoms with van der Waals surface area (Å²) in [6.45, 7) is 0.225. The number of nitrogens with zero attached hydrogens (tertiary/aromatic N) is 3. The summed E-state index contributed by atoms with van der Waals surface area (Å²) in [7, 11) is 0. The Morgan fingerprint density at radius 1 is 1.17 bits per heavy atom. The predicted octanol–water partition coefficient (Wildman–Crippen LogP) is 3.03. The maximum absolute atomic E-state index is 12.1. The van der Waals surface area contributed by atoms with Crippen molar-refractivity contribution >= 4 is 27.5 Å². The summed E-state index contributed by atoms with van der Waals surface area (Å²) < 4.78 is 2.38. The highest BCUT2D eigenvalue weighted by atomic mass is 79.9. The van der Waals surface area contributed by atoms with Crippen molar-refractivity contribution in [2.24, 2.45) is 0 Å². The zero-order valence-corrected chi connectivity index (χ0v) is 14.2. The normalized spacial score (nSPS) is 11.9. The molecule has 0 aliphatic rings. The number of carbonyl (C=O) groups excluding carboxylic acids is 1. The molecule has 1 amide bonds.